The van der Waals surface area contributed by atoms with Crippen molar-refractivity contribution < 1.29 is 14.0 Å². The van der Waals surface area contributed by atoms with Gasteiger partial charge in [0, 0.05) is 10.8 Å². The van der Waals surface area contributed by atoms with E-state index in [1.165, 1.54) is 0 Å². The lowest BCUT2D eigenvalue weighted by atomic mass is 9.94. The third-order valence-corrected chi connectivity index (χ3v) is 11.6. The fourth-order valence-electron chi connectivity index (χ4n) is 6.57. The number of fused-ring (bicyclic) bond motifs is 8. The van der Waals surface area contributed by atoms with Gasteiger partial charge in [0.05, 0.1) is 10.6 Å². The lowest BCUT2D eigenvalue weighted by Gasteiger charge is -2.36. The molecule has 7 aromatic rings. The highest BCUT2D eigenvalue weighted by molar-refractivity contribution is 7.86. The average Bonchev–Trinajstić information content (AvgIpc) is 3.05. The van der Waals surface area contributed by atoms with E-state index in [1.54, 1.807) is 0 Å². The summed E-state index contributed by atoms with van der Waals surface area (Å²) in [4.78, 5) is 0. The smallest absolute Gasteiger partial charge is 0.185 e. The lowest BCUT2D eigenvalue weighted by molar-refractivity contribution is 0.467. The second kappa shape index (κ2) is 8.69. The van der Waals surface area contributed by atoms with E-state index in [2.05, 4.69) is 54.6 Å². The van der Waals surface area contributed by atoms with Gasteiger partial charge in [-0.25, -0.2) is 0 Å². The van der Waals surface area contributed by atoms with Gasteiger partial charge in [0.25, 0.3) is 0 Å². The van der Waals surface area contributed by atoms with Crippen molar-refractivity contribution in [1.29, 1.82) is 0 Å². The van der Waals surface area contributed by atoms with Gasteiger partial charge in [0.15, 0.2) is 7.14 Å². The number of ether oxygens (including phenoxy) is 2. The zero-order valence-corrected chi connectivity index (χ0v) is 23.3. The quantitative estimate of drug-likeness (QED) is 0.199. The SMILES string of the molecule is O=P12c3ccc4ccccc4c3Oc3cc(-c4ccccc4-c4ccccc4)cc(c31)Oc1c2ccc2ccccc12. The van der Waals surface area contributed by atoms with Gasteiger partial charge in [-0.05, 0) is 57.3 Å². The molecule has 3 nitrogen and oxygen atoms in total. The van der Waals surface area contributed by atoms with Gasteiger partial charge in [-0.1, -0.05) is 115 Å². The molecule has 0 spiro atoms. The molecule has 0 saturated carbocycles. The van der Waals surface area contributed by atoms with E-state index in [0.29, 0.717) is 38.9 Å². The molecule has 0 saturated heterocycles. The largest absolute Gasteiger partial charge is 0.455 e. The first-order valence-corrected chi connectivity index (χ1v) is 15.7. The molecule has 198 valence electrons. The van der Waals surface area contributed by atoms with Crippen molar-refractivity contribution >= 4 is 44.6 Å². The van der Waals surface area contributed by atoms with Gasteiger partial charge >= 0.3 is 0 Å². The van der Waals surface area contributed by atoms with Crippen LogP contribution >= 0.6 is 7.14 Å². The predicted octanol–water partition coefficient (Wildman–Crippen LogP) is 9.18. The molecule has 42 heavy (non-hydrogen) atoms. The minimum Gasteiger partial charge on any atom is -0.455 e. The number of hydrogen-bond acceptors (Lipinski definition) is 3. The molecule has 7 aromatic carbocycles. The maximum Gasteiger partial charge on any atom is 0.185 e. The maximum atomic E-state index is 15.8. The summed E-state index contributed by atoms with van der Waals surface area (Å²) in [6.45, 7) is 0. The standard InChI is InChI=1S/C38H23O3P/c39-42-34-20-18-25-12-4-6-16-30(25)36(34)40-32-22-27(29-15-9-8-14-28(29)24-10-2-1-3-11-24)23-33(38(32)42)41-37-31-17-7-5-13-26(31)19-21-35(37)42/h1-23H. The Labute approximate surface area is 243 Å². The van der Waals surface area contributed by atoms with Crippen LogP contribution in [0, 0.1) is 0 Å². The minimum absolute atomic E-state index is 0.580. The van der Waals surface area contributed by atoms with E-state index >= 15 is 4.57 Å². The van der Waals surface area contributed by atoms with Crippen LogP contribution in [0.4, 0.5) is 0 Å². The van der Waals surface area contributed by atoms with Crippen LogP contribution in [0.3, 0.4) is 0 Å². The van der Waals surface area contributed by atoms with Crippen molar-refractivity contribution in [3.8, 4) is 45.3 Å². The zero-order valence-electron chi connectivity index (χ0n) is 22.5. The van der Waals surface area contributed by atoms with Crippen LogP contribution in [0.5, 0.6) is 23.0 Å². The van der Waals surface area contributed by atoms with E-state index in [4.69, 9.17) is 9.47 Å². The molecule has 9 rings (SSSR count). The van der Waals surface area contributed by atoms with Crippen LogP contribution in [0.15, 0.2) is 140 Å². The summed E-state index contributed by atoms with van der Waals surface area (Å²) in [5.41, 5.74) is 4.23. The van der Waals surface area contributed by atoms with Crippen molar-refractivity contribution in [1.82, 2.24) is 0 Å². The van der Waals surface area contributed by atoms with E-state index in [1.807, 2.05) is 84.9 Å². The molecule has 0 fully saturated rings. The van der Waals surface area contributed by atoms with E-state index in [-0.39, 0.29) is 0 Å². The first-order chi connectivity index (χ1) is 20.7. The Hall–Kier alpha value is -5.11. The van der Waals surface area contributed by atoms with E-state index in [0.717, 1.165) is 43.8 Å². The molecule has 0 radical (unpaired) electrons. The Bertz CT molecular complexity index is 2170. The molecule has 0 aliphatic carbocycles. The molecule has 2 aliphatic rings. The molecular weight excluding hydrogens is 535 g/mol. The van der Waals surface area contributed by atoms with Crippen LogP contribution in [0.25, 0.3) is 43.8 Å². The van der Waals surface area contributed by atoms with Gasteiger partial charge in [0.1, 0.15) is 28.3 Å². The van der Waals surface area contributed by atoms with Gasteiger partial charge < -0.3 is 14.0 Å². The molecule has 0 amide bonds. The molecule has 0 aromatic heterocycles. The van der Waals surface area contributed by atoms with Crippen LogP contribution < -0.4 is 25.4 Å². The summed E-state index contributed by atoms with van der Waals surface area (Å²) in [6.07, 6.45) is 0. The third-order valence-electron chi connectivity index (χ3n) is 8.50. The van der Waals surface area contributed by atoms with Crippen LogP contribution in [-0.4, -0.2) is 0 Å². The fraction of sp³-hybridized carbons (Fsp3) is 0. The Morgan fingerprint density at radius 3 is 1.50 bits per heavy atom. The highest BCUT2D eigenvalue weighted by Crippen LogP contribution is 2.60. The maximum absolute atomic E-state index is 15.8. The summed E-state index contributed by atoms with van der Waals surface area (Å²) in [7, 11) is -3.36. The second-order valence-electron chi connectivity index (χ2n) is 10.8. The van der Waals surface area contributed by atoms with Gasteiger partial charge in [-0.2, -0.15) is 0 Å². The van der Waals surface area contributed by atoms with Crippen molar-refractivity contribution in [2.75, 3.05) is 0 Å². The Kier molecular flexibility index (Phi) is 4.88. The molecule has 2 aliphatic heterocycles. The first-order valence-electron chi connectivity index (χ1n) is 14.0. The highest BCUT2D eigenvalue weighted by Gasteiger charge is 2.47. The summed E-state index contributed by atoms with van der Waals surface area (Å²) in [6, 6.07) is 47.1. The molecule has 0 unspecified atom stereocenters. The highest BCUT2D eigenvalue weighted by atomic mass is 31.2. The van der Waals surface area contributed by atoms with Crippen molar-refractivity contribution in [2.45, 2.75) is 0 Å². The van der Waals surface area contributed by atoms with Crippen molar-refractivity contribution in [2.24, 2.45) is 0 Å². The predicted molar refractivity (Wildman–Crippen MR) is 172 cm³/mol. The second-order valence-corrected chi connectivity index (χ2v) is 13.4. The Morgan fingerprint density at radius 1 is 0.452 bits per heavy atom. The van der Waals surface area contributed by atoms with Crippen LogP contribution in [0.1, 0.15) is 0 Å². The van der Waals surface area contributed by atoms with E-state index in [9.17, 15) is 0 Å². The molecule has 2 heterocycles. The zero-order chi connectivity index (χ0) is 27.8. The van der Waals surface area contributed by atoms with E-state index < -0.39 is 7.14 Å². The summed E-state index contributed by atoms with van der Waals surface area (Å²) < 4.78 is 29.3. The first kappa shape index (κ1) is 23.6. The normalized spacial score (nSPS) is 13.9. The monoisotopic (exact) mass is 558 g/mol. The molecule has 0 bridgehead atoms. The van der Waals surface area contributed by atoms with Gasteiger partial charge in [-0.3, -0.25) is 0 Å². The minimum atomic E-state index is -3.36. The summed E-state index contributed by atoms with van der Waals surface area (Å²) >= 11 is 0. The third kappa shape index (κ3) is 3.20. The van der Waals surface area contributed by atoms with Gasteiger partial charge in [-0.15, -0.1) is 0 Å². The number of rotatable bonds is 2. The van der Waals surface area contributed by atoms with Gasteiger partial charge in [0.2, 0.25) is 0 Å². The molecule has 0 atom stereocenters. The van der Waals surface area contributed by atoms with Crippen molar-refractivity contribution in [3.05, 3.63) is 140 Å². The Morgan fingerprint density at radius 2 is 0.929 bits per heavy atom. The molecular formula is C38H23O3P. The molecule has 4 heteroatoms. The van der Waals surface area contributed by atoms with Crippen LogP contribution in [-0.2, 0) is 4.57 Å². The van der Waals surface area contributed by atoms with Crippen LogP contribution in [0.2, 0.25) is 0 Å². The lowest BCUT2D eigenvalue weighted by Crippen LogP contribution is -2.35. The number of hydrogen-bond donors (Lipinski definition) is 0. The molecule has 0 N–H and O–H groups in total. The topological polar surface area (TPSA) is 35.5 Å². The Balaban J connectivity index is 1.38. The summed E-state index contributed by atoms with van der Waals surface area (Å²) in [5.74, 6) is 2.47. The fourth-order valence-corrected chi connectivity index (χ4v) is 9.63. The summed E-state index contributed by atoms with van der Waals surface area (Å²) in [5, 5.41) is 6.05. The average molecular weight is 559 g/mol. The number of benzene rings is 7. The van der Waals surface area contributed by atoms with Crippen molar-refractivity contribution in [3.63, 3.8) is 0 Å².